The summed E-state index contributed by atoms with van der Waals surface area (Å²) in [5, 5.41) is 2.10. The highest BCUT2D eigenvalue weighted by atomic mass is 32.1. The molecule has 2 aromatic rings. The van der Waals surface area contributed by atoms with Gasteiger partial charge in [0.25, 0.3) is 5.91 Å². The van der Waals surface area contributed by atoms with Gasteiger partial charge in [-0.2, -0.15) is 0 Å². The van der Waals surface area contributed by atoms with Crippen LogP contribution in [0, 0.1) is 6.92 Å². The van der Waals surface area contributed by atoms with Crippen LogP contribution in [0.25, 0.3) is 0 Å². The van der Waals surface area contributed by atoms with Crippen LogP contribution in [0.4, 0.5) is 5.69 Å². The number of carbonyl (C=O) groups is 1. The molecule has 1 aliphatic rings. The highest BCUT2D eigenvalue weighted by molar-refractivity contribution is 7.10. The number of anilines is 1. The Morgan fingerprint density at radius 1 is 1.40 bits per heavy atom. The minimum Gasteiger partial charge on any atom is -0.334 e. The van der Waals surface area contributed by atoms with Gasteiger partial charge in [-0.25, -0.2) is 0 Å². The van der Waals surface area contributed by atoms with Crippen molar-refractivity contribution in [3.63, 3.8) is 0 Å². The Kier molecular flexibility index (Phi) is 3.46. The summed E-state index contributed by atoms with van der Waals surface area (Å²) >= 11 is 1.78. The van der Waals surface area contributed by atoms with E-state index in [1.54, 1.807) is 11.3 Å². The predicted molar refractivity (Wildman–Crippen MR) is 81.8 cm³/mol. The number of nitrogens with two attached hydrogens (primary N) is 1. The van der Waals surface area contributed by atoms with Crippen LogP contribution in [0.15, 0.2) is 29.6 Å². The van der Waals surface area contributed by atoms with Gasteiger partial charge in [0.2, 0.25) is 0 Å². The second-order valence-corrected chi connectivity index (χ2v) is 6.02. The highest BCUT2D eigenvalue weighted by Gasteiger charge is 2.23. The maximum Gasteiger partial charge on any atom is 0.254 e. The molecule has 5 heteroatoms. The van der Waals surface area contributed by atoms with Crippen molar-refractivity contribution in [1.29, 1.82) is 0 Å². The summed E-state index contributed by atoms with van der Waals surface area (Å²) in [6.07, 6.45) is 0.959. The first-order valence-corrected chi connectivity index (χ1v) is 7.49. The van der Waals surface area contributed by atoms with Crippen molar-refractivity contribution in [2.45, 2.75) is 19.9 Å². The van der Waals surface area contributed by atoms with Crippen molar-refractivity contribution in [2.24, 2.45) is 5.84 Å². The third-order valence-corrected chi connectivity index (χ3v) is 4.74. The Balaban J connectivity index is 1.83. The summed E-state index contributed by atoms with van der Waals surface area (Å²) in [5.74, 6) is 5.48. The van der Waals surface area contributed by atoms with Crippen LogP contribution in [0.3, 0.4) is 0 Å². The lowest BCUT2D eigenvalue weighted by atomic mass is 10.0. The molecule has 0 aliphatic carbocycles. The minimum absolute atomic E-state index is 0.0999. The molecule has 3 N–H and O–H groups in total. The molecule has 0 saturated carbocycles. The maximum atomic E-state index is 12.6. The fourth-order valence-electron chi connectivity index (χ4n) is 2.59. The van der Waals surface area contributed by atoms with Gasteiger partial charge in [0, 0.05) is 29.2 Å². The van der Waals surface area contributed by atoms with E-state index in [1.165, 1.54) is 10.4 Å². The third-order valence-electron chi connectivity index (χ3n) is 3.72. The van der Waals surface area contributed by atoms with E-state index in [9.17, 15) is 4.79 Å². The van der Waals surface area contributed by atoms with E-state index in [4.69, 9.17) is 5.84 Å². The van der Waals surface area contributed by atoms with Crippen LogP contribution in [0.5, 0.6) is 0 Å². The zero-order chi connectivity index (χ0) is 14.1. The molecule has 2 heterocycles. The molecule has 0 spiro atoms. The van der Waals surface area contributed by atoms with E-state index in [2.05, 4.69) is 16.9 Å². The van der Waals surface area contributed by atoms with Gasteiger partial charge < -0.3 is 10.3 Å². The predicted octanol–water partition coefficient (Wildman–Crippen LogP) is 2.54. The average Bonchev–Trinajstić information content (AvgIpc) is 2.93. The second-order valence-electron chi connectivity index (χ2n) is 5.02. The lowest BCUT2D eigenvalue weighted by molar-refractivity contribution is 0.0735. The standard InChI is InChI=1S/C15H17N3OS/c1-10-8-12(17-16)2-3-13(10)15(19)18-6-4-14-11(9-18)5-7-20-14/h2-3,5,7-8,17H,4,6,9,16H2,1H3. The van der Waals surface area contributed by atoms with Gasteiger partial charge in [-0.3, -0.25) is 10.6 Å². The van der Waals surface area contributed by atoms with E-state index < -0.39 is 0 Å². The quantitative estimate of drug-likeness (QED) is 0.659. The molecule has 0 fully saturated rings. The first-order valence-electron chi connectivity index (χ1n) is 6.61. The first-order chi connectivity index (χ1) is 9.69. The number of hydrogen-bond acceptors (Lipinski definition) is 4. The number of carbonyl (C=O) groups excluding carboxylic acids is 1. The summed E-state index contributed by atoms with van der Waals surface area (Å²) in [6, 6.07) is 7.69. The number of amides is 1. The Hall–Kier alpha value is -1.85. The number of benzene rings is 1. The molecular weight excluding hydrogens is 270 g/mol. The Morgan fingerprint density at radius 2 is 2.25 bits per heavy atom. The molecule has 0 saturated heterocycles. The van der Waals surface area contributed by atoms with Crippen LogP contribution in [-0.4, -0.2) is 17.4 Å². The Labute approximate surface area is 122 Å². The number of nitrogens with one attached hydrogen (secondary N) is 1. The summed E-state index contributed by atoms with van der Waals surface area (Å²) in [6.45, 7) is 3.45. The van der Waals surface area contributed by atoms with Crippen molar-refractivity contribution < 1.29 is 4.79 Å². The zero-order valence-electron chi connectivity index (χ0n) is 11.3. The monoisotopic (exact) mass is 287 g/mol. The number of rotatable bonds is 2. The number of aryl methyl sites for hydroxylation is 1. The molecule has 104 valence electrons. The normalized spacial score (nSPS) is 14.0. The third kappa shape index (κ3) is 2.30. The minimum atomic E-state index is 0.0999. The molecule has 0 radical (unpaired) electrons. The first kappa shape index (κ1) is 13.1. The van der Waals surface area contributed by atoms with Crippen LogP contribution in [0.1, 0.15) is 26.4 Å². The molecule has 1 aromatic carbocycles. The van der Waals surface area contributed by atoms with Crippen LogP contribution >= 0.6 is 11.3 Å². The average molecular weight is 287 g/mol. The van der Waals surface area contributed by atoms with Crippen molar-refractivity contribution in [2.75, 3.05) is 12.0 Å². The topological polar surface area (TPSA) is 58.4 Å². The summed E-state index contributed by atoms with van der Waals surface area (Å²) < 4.78 is 0. The highest BCUT2D eigenvalue weighted by Crippen LogP contribution is 2.26. The molecule has 0 atom stereocenters. The molecule has 1 amide bonds. The SMILES string of the molecule is Cc1cc(NN)ccc1C(=O)N1CCc2sccc2C1. The van der Waals surface area contributed by atoms with E-state index in [-0.39, 0.29) is 5.91 Å². The Morgan fingerprint density at radius 3 is 3.00 bits per heavy atom. The number of thiophene rings is 1. The van der Waals surface area contributed by atoms with Gasteiger partial charge in [-0.15, -0.1) is 11.3 Å². The van der Waals surface area contributed by atoms with Gasteiger partial charge in [0.15, 0.2) is 0 Å². The zero-order valence-corrected chi connectivity index (χ0v) is 12.2. The van der Waals surface area contributed by atoms with Gasteiger partial charge in [0.1, 0.15) is 0 Å². The number of fused-ring (bicyclic) bond motifs is 1. The molecule has 1 aliphatic heterocycles. The number of nitrogen functional groups attached to an aromatic ring is 1. The molecule has 0 bridgehead atoms. The van der Waals surface area contributed by atoms with Crippen LogP contribution in [-0.2, 0) is 13.0 Å². The lowest BCUT2D eigenvalue weighted by Gasteiger charge is -2.27. The summed E-state index contributed by atoms with van der Waals surface area (Å²) in [4.78, 5) is 16.0. The van der Waals surface area contributed by atoms with Crippen LogP contribution < -0.4 is 11.3 Å². The van der Waals surface area contributed by atoms with Gasteiger partial charge in [-0.1, -0.05) is 0 Å². The smallest absolute Gasteiger partial charge is 0.254 e. The fourth-order valence-corrected chi connectivity index (χ4v) is 3.48. The molecule has 3 rings (SSSR count). The van der Waals surface area contributed by atoms with Crippen molar-refractivity contribution in [1.82, 2.24) is 4.90 Å². The molecule has 1 aromatic heterocycles. The van der Waals surface area contributed by atoms with Crippen LogP contribution in [0.2, 0.25) is 0 Å². The van der Waals surface area contributed by atoms with Gasteiger partial charge in [-0.05, 0) is 54.1 Å². The van der Waals surface area contributed by atoms with Crippen molar-refractivity contribution in [3.05, 3.63) is 51.2 Å². The molecule has 0 unspecified atom stereocenters. The van der Waals surface area contributed by atoms with Gasteiger partial charge >= 0.3 is 0 Å². The van der Waals surface area contributed by atoms with E-state index in [1.807, 2.05) is 30.0 Å². The fraction of sp³-hybridized carbons (Fsp3) is 0.267. The molecular formula is C15H17N3OS. The van der Waals surface area contributed by atoms with E-state index in [0.29, 0.717) is 6.54 Å². The van der Waals surface area contributed by atoms with Gasteiger partial charge in [0.05, 0.1) is 0 Å². The molecule has 20 heavy (non-hydrogen) atoms. The number of hydrogen-bond donors (Lipinski definition) is 2. The number of hydrazine groups is 1. The van der Waals surface area contributed by atoms with E-state index in [0.717, 1.165) is 29.8 Å². The van der Waals surface area contributed by atoms with Crippen molar-refractivity contribution in [3.8, 4) is 0 Å². The summed E-state index contributed by atoms with van der Waals surface area (Å²) in [7, 11) is 0. The number of nitrogens with zero attached hydrogens (tertiary/aromatic N) is 1. The Bertz CT molecular complexity index is 650. The second kappa shape index (κ2) is 5.26. The summed E-state index contributed by atoms with van der Waals surface area (Å²) in [5.41, 5.74) is 6.40. The maximum absolute atomic E-state index is 12.6. The lowest BCUT2D eigenvalue weighted by Crippen LogP contribution is -2.35. The largest absolute Gasteiger partial charge is 0.334 e. The van der Waals surface area contributed by atoms with Crippen molar-refractivity contribution >= 4 is 22.9 Å². The van der Waals surface area contributed by atoms with E-state index >= 15 is 0 Å². The molecule has 4 nitrogen and oxygen atoms in total.